The highest BCUT2D eigenvalue weighted by molar-refractivity contribution is 7.99. The van der Waals surface area contributed by atoms with Crippen LogP contribution < -0.4 is 5.73 Å². The Morgan fingerprint density at radius 2 is 1.81 bits per heavy atom. The van der Waals surface area contributed by atoms with E-state index in [0.717, 1.165) is 12.3 Å². The molecule has 0 saturated heterocycles. The van der Waals surface area contributed by atoms with Crippen LogP contribution in [0.1, 0.15) is 38.2 Å². The molecule has 1 fully saturated rings. The molecule has 0 bridgehead atoms. The average molecular weight is 235 g/mol. The Hall–Kier alpha value is -0.470. The molecule has 0 unspecified atom stereocenters. The van der Waals surface area contributed by atoms with Crippen molar-refractivity contribution in [3.8, 4) is 0 Å². The minimum absolute atomic E-state index is 0.287. The third kappa shape index (κ3) is 2.28. The van der Waals surface area contributed by atoms with Crippen molar-refractivity contribution >= 4 is 11.8 Å². The van der Waals surface area contributed by atoms with Crippen LogP contribution in [0.3, 0.4) is 0 Å². The second kappa shape index (κ2) is 5.24. The summed E-state index contributed by atoms with van der Waals surface area (Å²) in [6.45, 7) is 2.99. The summed E-state index contributed by atoms with van der Waals surface area (Å²) >= 11 is 1.90. The lowest BCUT2D eigenvalue weighted by atomic mass is 9.79. The molecule has 16 heavy (non-hydrogen) atoms. The van der Waals surface area contributed by atoms with Crippen LogP contribution in [0.2, 0.25) is 0 Å². The van der Waals surface area contributed by atoms with Gasteiger partial charge in [0.1, 0.15) is 0 Å². The number of hydrogen-bond acceptors (Lipinski definition) is 2. The summed E-state index contributed by atoms with van der Waals surface area (Å²) in [5.74, 6) is 1.14. The Bertz CT molecular complexity index is 325. The summed E-state index contributed by atoms with van der Waals surface area (Å²) in [4.78, 5) is 1.37. The summed E-state index contributed by atoms with van der Waals surface area (Å²) in [6, 6.07) is 9.07. The molecule has 0 radical (unpaired) electrons. The van der Waals surface area contributed by atoms with Gasteiger partial charge >= 0.3 is 0 Å². The molecular formula is C14H21NS. The van der Waals surface area contributed by atoms with Crippen LogP contribution in [-0.4, -0.2) is 12.3 Å². The van der Waals surface area contributed by atoms with Crippen molar-refractivity contribution in [2.75, 3.05) is 12.3 Å². The van der Waals surface area contributed by atoms with Gasteiger partial charge in [-0.25, -0.2) is 0 Å². The van der Waals surface area contributed by atoms with Gasteiger partial charge in [-0.3, -0.25) is 0 Å². The van der Waals surface area contributed by atoms with E-state index in [1.165, 1.54) is 36.1 Å². The predicted octanol–water partition coefficient (Wildman–Crippen LogP) is 3.57. The van der Waals surface area contributed by atoms with Gasteiger partial charge < -0.3 is 5.73 Å². The van der Waals surface area contributed by atoms with Gasteiger partial charge in [0.2, 0.25) is 0 Å². The number of nitrogens with two attached hydrogens (primary N) is 1. The lowest BCUT2D eigenvalue weighted by Crippen LogP contribution is -2.31. The first-order chi connectivity index (χ1) is 7.80. The Balaban J connectivity index is 2.19. The maximum atomic E-state index is 5.99. The molecule has 0 aromatic heterocycles. The average Bonchev–Trinajstić information content (AvgIpc) is 2.80. The van der Waals surface area contributed by atoms with Gasteiger partial charge in [0.25, 0.3) is 0 Å². The third-order valence-electron chi connectivity index (χ3n) is 3.73. The third-order valence-corrected chi connectivity index (χ3v) is 4.62. The molecule has 88 valence electrons. The molecule has 1 aliphatic carbocycles. The summed E-state index contributed by atoms with van der Waals surface area (Å²) in [6.07, 6.45) is 5.21. The zero-order valence-corrected chi connectivity index (χ0v) is 10.9. The molecule has 0 heterocycles. The van der Waals surface area contributed by atoms with Crippen molar-refractivity contribution in [1.82, 2.24) is 0 Å². The van der Waals surface area contributed by atoms with E-state index in [2.05, 4.69) is 31.2 Å². The first-order valence-corrected chi connectivity index (χ1v) is 7.23. The van der Waals surface area contributed by atoms with Crippen LogP contribution in [0.15, 0.2) is 29.2 Å². The number of thioether (sulfide) groups is 1. The van der Waals surface area contributed by atoms with Crippen LogP contribution in [-0.2, 0) is 5.41 Å². The Morgan fingerprint density at radius 3 is 2.31 bits per heavy atom. The van der Waals surface area contributed by atoms with Gasteiger partial charge in [-0.1, -0.05) is 31.9 Å². The maximum absolute atomic E-state index is 5.99. The molecule has 1 saturated carbocycles. The summed E-state index contributed by atoms with van der Waals surface area (Å²) in [5, 5.41) is 0. The standard InChI is InChI=1S/C14H21NS/c1-2-16-13-7-5-12(6-8-13)14(11-15)9-3-4-10-14/h5-8H,2-4,9-11,15H2,1H3. The molecule has 0 amide bonds. The highest BCUT2D eigenvalue weighted by Gasteiger charge is 2.33. The fourth-order valence-corrected chi connectivity index (χ4v) is 3.40. The first-order valence-electron chi connectivity index (χ1n) is 6.24. The smallest absolute Gasteiger partial charge is 0.00755 e. The number of benzene rings is 1. The minimum atomic E-state index is 0.287. The quantitative estimate of drug-likeness (QED) is 0.807. The second-order valence-corrected chi connectivity index (χ2v) is 5.99. The van der Waals surface area contributed by atoms with E-state index in [4.69, 9.17) is 5.73 Å². The molecule has 2 N–H and O–H groups in total. The lowest BCUT2D eigenvalue weighted by molar-refractivity contribution is 0.453. The van der Waals surface area contributed by atoms with Gasteiger partial charge in [-0.15, -0.1) is 11.8 Å². The molecule has 1 aliphatic rings. The van der Waals surface area contributed by atoms with E-state index in [-0.39, 0.29) is 5.41 Å². The SMILES string of the molecule is CCSc1ccc(C2(CN)CCCC2)cc1. The summed E-state index contributed by atoms with van der Waals surface area (Å²) in [7, 11) is 0. The minimum Gasteiger partial charge on any atom is -0.330 e. The molecule has 1 nitrogen and oxygen atoms in total. The maximum Gasteiger partial charge on any atom is 0.00755 e. The van der Waals surface area contributed by atoms with E-state index in [9.17, 15) is 0 Å². The van der Waals surface area contributed by atoms with E-state index in [1.807, 2.05) is 11.8 Å². The van der Waals surface area contributed by atoms with E-state index >= 15 is 0 Å². The Kier molecular flexibility index (Phi) is 3.93. The van der Waals surface area contributed by atoms with Gasteiger partial charge in [0, 0.05) is 16.9 Å². The highest BCUT2D eigenvalue weighted by Crippen LogP contribution is 2.40. The van der Waals surface area contributed by atoms with Crippen LogP contribution in [0.5, 0.6) is 0 Å². The molecule has 1 aromatic rings. The zero-order chi connectivity index (χ0) is 11.4. The molecule has 0 spiro atoms. The van der Waals surface area contributed by atoms with Crippen molar-refractivity contribution in [1.29, 1.82) is 0 Å². The normalized spacial score (nSPS) is 18.9. The van der Waals surface area contributed by atoms with Crippen LogP contribution >= 0.6 is 11.8 Å². The summed E-state index contributed by atoms with van der Waals surface area (Å²) in [5.41, 5.74) is 7.73. The van der Waals surface area contributed by atoms with Crippen molar-refractivity contribution in [2.45, 2.75) is 42.9 Å². The van der Waals surface area contributed by atoms with E-state index in [1.54, 1.807) is 0 Å². The molecular weight excluding hydrogens is 214 g/mol. The van der Waals surface area contributed by atoms with Crippen molar-refractivity contribution in [2.24, 2.45) is 5.73 Å². The largest absolute Gasteiger partial charge is 0.330 e. The van der Waals surface area contributed by atoms with E-state index in [0.29, 0.717) is 0 Å². The van der Waals surface area contributed by atoms with Crippen molar-refractivity contribution in [3.05, 3.63) is 29.8 Å². The highest BCUT2D eigenvalue weighted by atomic mass is 32.2. The molecule has 0 aliphatic heterocycles. The Labute approximate surface area is 103 Å². The molecule has 1 aromatic carbocycles. The fourth-order valence-electron chi connectivity index (χ4n) is 2.73. The summed E-state index contributed by atoms with van der Waals surface area (Å²) < 4.78 is 0. The molecule has 0 atom stereocenters. The number of hydrogen-bond donors (Lipinski definition) is 1. The topological polar surface area (TPSA) is 26.0 Å². The second-order valence-electron chi connectivity index (χ2n) is 4.65. The van der Waals surface area contributed by atoms with Gasteiger partial charge in [0.15, 0.2) is 0 Å². The lowest BCUT2D eigenvalue weighted by Gasteiger charge is -2.28. The fraction of sp³-hybridized carbons (Fsp3) is 0.571. The zero-order valence-electron chi connectivity index (χ0n) is 10.0. The number of rotatable bonds is 4. The predicted molar refractivity (Wildman–Crippen MR) is 72.0 cm³/mol. The van der Waals surface area contributed by atoms with Gasteiger partial charge in [-0.2, -0.15) is 0 Å². The van der Waals surface area contributed by atoms with Crippen molar-refractivity contribution < 1.29 is 0 Å². The van der Waals surface area contributed by atoms with Crippen LogP contribution in [0.25, 0.3) is 0 Å². The van der Waals surface area contributed by atoms with Crippen LogP contribution in [0.4, 0.5) is 0 Å². The monoisotopic (exact) mass is 235 g/mol. The molecule has 2 heteroatoms. The molecule has 2 rings (SSSR count). The van der Waals surface area contributed by atoms with Gasteiger partial charge in [0.05, 0.1) is 0 Å². The Morgan fingerprint density at radius 1 is 1.19 bits per heavy atom. The van der Waals surface area contributed by atoms with Crippen LogP contribution in [0, 0.1) is 0 Å². The van der Waals surface area contributed by atoms with Crippen molar-refractivity contribution in [3.63, 3.8) is 0 Å². The first kappa shape index (κ1) is 12.0. The van der Waals surface area contributed by atoms with E-state index < -0.39 is 0 Å². The van der Waals surface area contributed by atoms with Gasteiger partial charge in [-0.05, 0) is 36.3 Å².